The van der Waals surface area contributed by atoms with Crippen LogP contribution in [0.4, 0.5) is 0 Å². The summed E-state index contributed by atoms with van der Waals surface area (Å²) in [5, 5.41) is 20.3. The van der Waals surface area contributed by atoms with Crippen LogP contribution in [0, 0.1) is 5.92 Å². The normalized spacial score (nSPS) is 26.2. The first-order chi connectivity index (χ1) is 21.3. The zero-order valence-corrected chi connectivity index (χ0v) is 26.3. The van der Waals surface area contributed by atoms with Gasteiger partial charge in [0.2, 0.25) is 17.7 Å². The number of aliphatic hydroxyl groups excluding tert-OH is 1. The van der Waals surface area contributed by atoms with E-state index in [-0.39, 0.29) is 30.3 Å². The van der Waals surface area contributed by atoms with Crippen molar-refractivity contribution in [3.05, 3.63) is 64.2 Å². The Morgan fingerprint density at radius 1 is 0.932 bits per heavy atom. The van der Waals surface area contributed by atoms with Crippen LogP contribution in [-0.4, -0.2) is 78.7 Å². The first kappa shape index (κ1) is 32.3. The number of likely N-dealkylation sites (N-methyl/N-ethyl adjacent to an activating group) is 1. The molecule has 4 atom stereocenters. The summed E-state index contributed by atoms with van der Waals surface area (Å²) in [5.74, 6) is -0.0838. The van der Waals surface area contributed by atoms with Crippen LogP contribution in [0.15, 0.2) is 42.5 Å². The highest BCUT2D eigenvalue weighted by atomic mass is 35.5. The third-order valence-electron chi connectivity index (χ3n) is 9.35. The van der Waals surface area contributed by atoms with Crippen molar-refractivity contribution in [2.75, 3.05) is 26.7 Å². The Kier molecular flexibility index (Phi) is 11.2. The minimum absolute atomic E-state index is 0.0861. The van der Waals surface area contributed by atoms with Crippen molar-refractivity contribution in [1.29, 1.82) is 0 Å². The predicted octanol–water partition coefficient (Wildman–Crippen LogP) is 3.18. The van der Waals surface area contributed by atoms with Crippen molar-refractivity contribution < 1.29 is 24.2 Å². The number of nitrogens with one attached hydrogen (secondary N) is 3. The molecule has 0 radical (unpaired) electrons. The van der Waals surface area contributed by atoms with Gasteiger partial charge in [0, 0.05) is 31.6 Å². The van der Waals surface area contributed by atoms with Crippen LogP contribution < -0.4 is 20.7 Å². The molecule has 3 amide bonds. The third kappa shape index (κ3) is 7.92. The minimum atomic E-state index is -1.14. The summed E-state index contributed by atoms with van der Waals surface area (Å²) >= 11 is 6.07. The number of para-hydroxylation sites is 1. The molecule has 0 aromatic heterocycles. The number of aliphatic hydroxyl groups is 1. The van der Waals surface area contributed by atoms with Gasteiger partial charge >= 0.3 is 0 Å². The van der Waals surface area contributed by atoms with Gasteiger partial charge in [0.1, 0.15) is 23.9 Å². The molecule has 0 saturated heterocycles. The lowest BCUT2D eigenvalue weighted by atomic mass is 9.83. The zero-order chi connectivity index (χ0) is 31.1. The van der Waals surface area contributed by atoms with Crippen LogP contribution in [0.1, 0.15) is 61.6 Å². The summed E-state index contributed by atoms with van der Waals surface area (Å²) in [7, 11) is 1.56. The van der Waals surface area contributed by atoms with Gasteiger partial charge in [0.05, 0.1) is 12.6 Å². The molecule has 3 aliphatic rings. The molecule has 4 N–H and O–H groups in total. The van der Waals surface area contributed by atoms with Crippen LogP contribution in [0.3, 0.4) is 0 Å². The van der Waals surface area contributed by atoms with Crippen LogP contribution >= 0.6 is 11.6 Å². The van der Waals surface area contributed by atoms with E-state index in [1.54, 1.807) is 19.2 Å². The van der Waals surface area contributed by atoms with Crippen molar-refractivity contribution in [1.82, 2.24) is 20.9 Å². The lowest BCUT2D eigenvalue weighted by molar-refractivity contribution is -0.144. The van der Waals surface area contributed by atoms with Crippen molar-refractivity contribution in [3.63, 3.8) is 0 Å². The number of hydrogen-bond donors (Lipinski definition) is 4. The molecule has 2 bridgehead atoms. The average Bonchev–Trinajstić information content (AvgIpc) is 3.04. The summed E-state index contributed by atoms with van der Waals surface area (Å²) in [6.07, 6.45) is 8.44. The second-order valence-electron chi connectivity index (χ2n) is 12.4. The molecular weight excluding hydrogens is 580 g/mol. The molecule has 2 aromatic carbocycles. The molecule has 5 rings (SSSR count). The fourth-order valence-corrected chi connectivity index (χ4v) is 6.88. The second kappa shape index (κ2) is 15.2. The van der Waals surface area contributed by atoms with Gasteiger partial charge in [0.15, 0.2) is 0 Å². The smallest absolute Gasteiger partial charge is 0.245 e. The van der Waals surface area contributed by atoms with Gasteiger partial charge < -0.3 is 30.7 Å². The summed E-state index contributed by atoms with van der Waals surface area (Å²) in [6.45, 7) is 0.376. The number of carbonyl (C=O) groups is 3. The van der Waals surface area contributed by atoms with E-state index in [1.165, 1.54) is 10.5 Å². The lowest BCUT2D eigenvalue weighted by Crippen LogP contribution is -2.60. The van der Waals surface area contributed by atoms with Crippen LogP contribution in [0.5, 0.6) is 5.75 Å². The van der Waals surface area contributed by atoms with E-state index in [1.807, 2.05) is 12.1 Å². The van der Waals surface area contributed by atoms with Crippen molar-refractivity contribution in [3.8, 4) is 5.75 Å². The minimum Gasteiger partial charge on any atom is -0.489 e. The van der Waals surface area contributed by atoms with Crippen molar-refractivity contribution in [2.45, 2.75) is 88.4 Å². The maximum Gasteiger partial charge on any atom is 0.245 e. The van der Waals surface area contributed by atoms with E-state index in [2.05, 4.69) is 34.1 Å². The molecule has 44 heavy (non-hydrogen) atoms. The first-order valence-electron chi connectivity index (χ1n) is 16.0. The number of hydrogen-bond acceptors (Lipinski definition) is 6. The monoisotopic (exact) mass is 624 g/mol. The molecule has 2 aromatic rings. The largest absolute Gasteiger partial charge is 0.489 e. The SMILES string of the molecule is CN1C(=O)[C@@H](C2CCCCC2)NCC2CCc3cccc(c3O2)CCCNC(=O)[C@H](Cc2ccc(Cl)cc2)NC(=O)[C@H]1CO. The zero-order valence-electron chi connectivity index (χ0n) is 25.5. The Labute approximate surface area is 265 Å². The van der Waals surface area contributed by atoms with Gasteiger partial charge in [-0.25, -0.2) is 0 Å². The standard InChI is InChI=1S/C34H45ClN4O5/c1-39-29(21-40)33(42)38-28(19-22-12-15-26(35)16-13-22)32(41)36-18-6-11-24-9-5-10-25-14-17-27(44-31(24)25)20-37-30(34(39)43)23-7-3-2-4-8-23/h5,9-10,12-13,15-16,23,27-30,37,40H,2-4,6-8,11,14,17-21H2,1H3,(H,36,41)(H,38,42)/t27?,28-,29+,30+/m0/s1. The molecule has 1 aliphatic carbocycles. The number of carbonyl (C=O) groups excluding carboxylic acids is 3. The Hall–Kier alpha value is -3.14. The van der Waals surface area contributed by atoms with E-state index in [0.717, 1.165) is 68.2 Å². The van der Waals surface area contributed by atoms with E-state index in [9.17, 15) is 19.5 Å². The molecule has 2 aliphatic heterocycles. The number of fused-ring (bicyclic) bond motifs is 1. The van der Waals surface area contributed by atoms with Gasteiger partial charge in [-0.1, -0.05) is 61.2 Å². The molecule has 2 heterocycles. The number of amides is 3. The maximum atomic E-state index is 14.1. The molecule has 9 nitrogen and oxygen atoms in total. The van der Waals surface area contributed by atoms with E-state index in [0.29, 0.717) is 24.5 Å². The predicted molar refractivity (Wildman–Crippen MR) is 170 cm³/mol. The van der Waals surface area contributed by atoms with Gasteiger partial charge in [0.25, 0.3) is 0 Å². The average molecular weight is 625 g/mol. The summed E-state index contributed by atoms with van der Waals surface area (Å²) in [6, 6.07) is 10.8. The summed E-state index contributed by atoms with van der Waals surface area (Å²) in [4.78, 5) is 42.5. The Bertz CT molecular complexity index is 1300. The number of nitrogens with zero attached hydrogens (tertiary/aromatic N) is 1. The van der Waals surface area contributed by atoms with Gasteiger partial charge in [-0.3, -0.25) is 14.4 Å². The number of aryl methyl sites for hydroxylation is 2. The number of ether oxygens (including phenoxy) is 1. The fraction of sp³-hybridized carbons (Fsp3) is 0.559. The van der Waals surface area contributed by atoms with Crippen LogP contribution in [0.2, 0.25) is 5.02 Å². The van der Waals surface area contributed by atoms with E-state index < -0.39 is 30.6 Å². The molecule has 238 valence electrons. The Morgan fingerprint density at radius 3 is 2.39 bits per heavy atom. The molecule has 1 fully saturated rings. The number of rotatable bonds is 4. The highest BCUT2D eigenvalue weighted by Gasteiger charge is 2.37. The quantitative estimate of drug-likeness (QED) is 0.415. The van der Waals surface area contributed by atoms with Crippen LogP contribution in [-0.2, 0) is 33.6 Å². The topological polar surface area (TPSA) is 120 Å². The highest BCUT2D eigenvalue weighted by molar-refractivity contribution is 6.30. The molecular formula is C34H45ClN4O5. The Balaban J connectivity index is 1.43. The highest BCUT2D eigenvalue weighted by Crippen LogP contribution is 2.33. The van der Waals surface area contributed by atoms with E-state index in [4.69, 9.17) is 16.3 Å². The van der Waals surface area contributed by atoms with Crippen LogP contribution in [0.25, 0.3) is 0 Å². The summed E-state index contributed by atoms with van der Waals surface area (Å²) < 4.78 is 6.54. The van der Waals surface area contributed by atoms with Gasteiger partial charge in [-0.2, -0.15) is 0 Å². The van der Waals surface area contributed by atoms with Gasteiger partial charge in [-0.15, -0.1) is 0 Å². The van der Waals surface area contributed by atoms with Crippen molar-refractivity contribution in [2.24, 2.45) is 5.92 Å². The van der Waals surface area contributed by atoms with Crippen molar-refractivity contribution >= 4 is 29.3 Å². The lowest BCUT2D eigenvalue weighted by Gasteiger charge is -2.37. The number of halogens is 1. The molecule has 0 spiro atoms. The number of benzene rings is 2. The maximum absolute atomic E-state index is 14.1. The fourth-order valence-electron chi connectivity index (χ4n) is 6.75. The first-order valence-corrected chi connectivity index (χ1v) is 16.4. The van der Waals surface area contributed by atoms with E-state index >= 15 is 0 Å². The molecule has 1 saturated carbocycles. The third-order valence-corrected chi connectivity index (χ3v) is 9.60. The Morgan fingerprint density at radius 2 is 1.66 bits per heavy atom. The second-order valence-corrected chi connectivity index (χ2v) is 12.8. The summed E-state index contributed by atoms with van der Waals surface area (Å²) in [5.41, 5.74) is 3.12. The molecule has 1 unspecified atom stereocenters. The molecule has 10 heteroatoms. The van der Waals surface area contributed by atoms with Gasteiger partial charge in [-0.05, 0) is 73.3 Å².